The number of aliphatic hydroxyl groups excluding tert-OH is 1. The molecule has 0 aliphatic carbocycles. The molecule has 0 aliphatic rings. The van der Waals surface area contributed by atoms with Gasteiger partial charge < -0.3 is 10.2 Å². The van der Waals surface area contributed by atoms with Crippen LogP contribution in [0.4, 0.5) is 0 Å². The number of pyridine rings is 1. The first-order valence-electron chi connectivity index (χ1n) is 4.21. The van der Waals surface area contributed by atoms with Gasteiger partial charge in [-0.25, -0.2) is 4.79 Å². The fourth-order valence-electron chi connectivity index (χ4n) is 0.909. The van der Waals surface area contributed by atoms with Crippen LogP contribution in [0.5, 0.6) is 0 Å². The Morgan fingerprint density at radius 1 is 1.50 bits per heavy atom. The predicted octanol–water partition coefficient (Wildman–Crippen LogP) is 1.18. The number of aromatic nitrogens is 1. The van der Waals surface area contributed by atoms with E-state index in [-0.39, 0.29) is 12.2 Å². The summed E-state index contributed by atoms with van der Waals surface area (Å²) in [6.45, 7) is 0.101. The lowest BCUT2D eigenvalue weighted by Gasteiger charge is -1.94. The molecule has 1 heterocycles. The topological polar surface area (TPSA) is 70.4 Å². The summed E-state index contributed by atoms with van der Waals surface area (Å²) < 4.78 is 0. The molecule has 1 rings (SSSR count). The van der Waals surface area contributed by atoms with Gasteiger partial charge in [0, 0.05) is 12.8 Å². The van der Waals surface area contributed by atoms with Crippen LogP contribution in [0, 0.1) is 0 Å². The average Bonchev–Trinajstić information content (AvgIpc) is 2.19. The lowest BCUT2D eigenvalue weighted by Crippen LogP contribution is -1.96. The Kier molecular flexibility index (Phi) is 3.82. The van der Waals surface area contributed by atoms with Crippen molar-refractivity contribution < 1.29 is 15.0 Å². The van der Waals surface area contributed by atoms with E-state index < -0.39 is 5.97 Å². The predicted molar refractivity (Wildman–Crippen MR) is 51.9 cm³/mol. The van der Waals surface area contributed by atoms with Crippen molar-refractivity contribution in [3.05, 3.63) is 35.7 Å². The zero-order chi connectivity index (χ0) is 10.4. The van der Waals surface area contributed by atoms with Gasteiger partial charge in [-0.05, 0) is 24.6 Å². The van der Waals surface area contributed by atoms with Crippen molar-refractivity contribution >= 4 is 12.0 Å². The number of hydrogen-bond donors (Lipinski definition) is 2. The standard InChI is InChI=1S/C10H11NO3/c12-6-2-1-3-9-5-4-8(7-11-9)10(13)14/h1,3-5,7,12H,2,6H2,(H,13,14). The molecule has 0 aromatic carbocycles. The maximum absolute atomic E-state index is 10.5. The van der Waals surface area contributed by atoms with Crippen LogP contribution >= 0.6 is 0 Å². The van der Waals surface area contributed by atoms with Crippen LogP contribution in [0.15, 0.2) is 24.4 Å². The normalized spacial score (nSPS) is 10.6. The lowest BCUT2D eigenvalue weighted by molar-refractivity contribution is 0.0696. The molecule has 4 heteroatoms. The molecule has 0 amide bonds. The van der Waals surface area contributed by atoms with Crippen molar-refractivity contribution in [2.24, 2.45) is 0 Å². The third kappa shape index (κ3) is 2.99. The molecule has 14 heavy (non-hydrogen) atoms. The highest BCUT2D eigenvalue weighted by Crippen LogP contribution is 2.02. The zero-order valence-electron chi connectivity index (χ0n) is 7.55. The van der Waals surface area contributed by atoms with Crippen molar-refractivity contribution in [3.8, 4) is 0 Å². The lowest BCUT2D eigenvalue weighted by atomic mass is 10.2. The second-order valence-corrected chi connectivity index (χ2v) is 2.69. The largest absolute Gasteiger partial charge is 0.478 e. The first-order chi connectivity index (χ1) is 6.74. The van der Waals surface area contributed by atoms with Gasteiger partial charge in [0.25, 0.3) is 0 Å². The molecular formula is C10H11NO3. The molecule has 74 valence electrons. The highest BCUT2D eigenvalue weighted by atomic mass is 16.4. The fraction of sp³-hybridized carbons (Fsp3) is 0.200. The van der Waals surface area contributed by atoms with Crippen LogP contribution in [-0.4, -0.2) is 27.8 Å². The van der Waals surface area contributed by atoms with Crippen molar-refractivity contribution in [3.63, 3.8) is 0 Å². The third-order valence-electron chi connectivity index (χ3n) is 1.62. The SMILES string of the molecule is O=C(O)c1ccc(C=CCCO)nc1. The average molecular weight is 193 g/mol. The molecular weight excluding hydrogens is 182 g/mol. The highest BCUT2D eigenvalue weighted by molar-refractivity contribution is 5.87. The smallest absolute Gasteiger partial charge is 0.337 e. The van der Waals surface area contributed by atoms with E-state index in [0.29, 0.717) is 12.1 Å². The van der Waals surface area contributed by atoms with Gasteiger partial charge in [0.1, 0.15) is 0 Å². The summed E-state index contributed by atoms with van der Waals surface area (Å²) in [5.74, 6) is -0.983. The number of nitrogens with zero attached hydrogens (tertiary/aromatic N) is 1. The van der Waals surface area contributed by atoms with Gasteiger partial charge >= 0.3 is 5.97 Å². The molecule has 0 fully saturated rings. The van der Waals surface area contributed by atoms with Gasteiger partial charge in [0.05, 0.1) is 11.3 Å². The minimum absolute atomic E-state index is 0.101. The van der Waals surface area contributed by atoms with E-state index in [1.54, 1.807) is 18.2 Å². The van der Waals surface area contributed by atoms with Gasteiger partial charge in [-0.3, -0.25) is 4.98 Å². The summed E-state index contributed by atoms with van der Waals surface area (Å²) in [6.07, 6.45) is 5.40. The molecule has 1 aromatic rings. The number of rotatable bonds is 4. The number of carboxylic acid groups (broad SMARTS) is 1. The zero-order valence-corrected chi connectivity index (χ0v) is 7.55. The van der Waals surface area contributed by atoms with Gasteiger partial charge in [0.2, 0.25) is 0 Å². The Morgan fingerprint density at radius 3 is 2.79 bits per heavy atom. The van der Waals surface area contributed by atoms with Gasteiger partial charge in [0.15, 0.2) is 0 Å². The molecule has 0 saturated carbocycles. The van der Waals surface area contributed by atoms with Gasteiger partial charge in [-0.1, -0.05) is 6.08 Å². The summed E-state index contributed by atoms with van der Waals surface area (Å²) in [7, 11) is 0. The molecule has 0 atom stereocenters. The van der Waals surface area contributed by atoms with Crippen molar-refractivity contribution in [1.29, 1.82) is 0 Å². The van der Waals surface area contributed by atoms with E-state index in [0.717, 1.165) is 0 Å². The monoisotopic (exact) mass is 193 g/mol. The third-order valence-corrected chi connectivity index (χ3v) is 1.62. The Balaban J connectivity index is 2.68. The maximum atomic E-state index is 10.5. The van der Waals surface area contributed by atoms with Crippen LogP contribution in [0.25, 0.3) is 6.08 Å². The van der Waals surface area contributed by atoms with Crippen LogP contribution in [0.2, 0.25) is 0 Å². The highest BCUT2D eigenvalue weighted by Gasteiger charge is 2.00. The number of carbonyl (C=O) groups is 1. The Morgan fingerprint density at radius 2 is 2.29 bits per heavy atom. The van der Waals surface area contributed by atoms with E-state index >= 15 is 0 Å². The van der Waals surface area contributed by atoms with Gasteiger partial charge in [-0.2, -0.15) is 0 Å². The molecule has 0 aliphatic heterocycles. The first kappa shape index (κ1) is 10.4. The summed E-state index contributed by atoms with van der Waals surface area (Å²) >= 11 is 0. The number of aliphatic hydroxyl groups is 1. The van der Waals surface area contributed by atoms with Crippen molar-refractivity contribution in [2.45, 2.75) is 6.42 Å². The van der Waals surface area contributed by atoms with E-state index in [4.69, 9.17) is 10.2 Å². The molecule has 1 aromatic heterocycles. The van der Waals surface area contributed by atoms with Crippen molar-refractivity contribution in [1.82, 2.24) is 4.98 Å². The molecule has 2 N–H and O–H groups in total. The Bertz CT molecular complexity index is 330. The molecule has 0 unspecified atom stereocenters. The number of carboxylic acids is 1. The second kappa shape index (κ2) is 5.14. The number of hydrogen-bond acceptors (Lipinski definition) is 3. The fourth-order valence-corrected chi connectivity index (χ4v) is 0.909. The number of aromatic carboxylic acids is 1. The van der Waals surface area contributed by atoms with Crippen LogP contribution in [-0.2, 0) is 0 Å². The first-order valence-corrected chi connectivity index (χ1v) is 4.21. The Labute approximate surface area is 81.5 Å². The van der Waals surface area contributed by atoms with E-state index in [2.05, 4.69) is 4.98 Å². The summed E-state index contributed by atoms with van der Waals surface area (Å²) in [4.78, 5) is 14.4. The minimum atomic E-state index is -0.983. The van der Waals surface area contributed by atoms with E-state index in [9.17, 15) is 4.79 Å². The minimum Gasteiger partial charge on any atom is -0.478 e. The Hall–Kier alpha value is -1.68. The molecule has 0 saturated heterocycles. The van der Waals surface area contributed by atoms with Gasteiger partial charge in [-0.15, -0.1) is 0 Å². The quantitative estimate of drug-likeness (QED) is 0.753. The van der Waals surface area contributed by atoms with Crippen LogP contribution in [0.1, 0.15) is 22.5 Å². The van der Waals surface area contributed by atoms with E-state index in [1.807, 2.05) is 0 Å². The van der Waals surface area contributed by atoms with E-state index in [1.165, 1.54) is 12.3 Å². The second-order valence-electron chi connectivity index (χ2n) is 2.69. The van der Waals surface area contributed by atoms with Crippen LogP contribution < -0.4 is 0 Å². The van der Waals surface area contributed by atoms with Crippen LogP contribution in [0.3, 0.4) is 0 Å². The maximum Gasteiger partial charge on any atom is 0.337 e. The molecule has 0 bridgehead atoms. The summed E-state index contributed by atoms with van der Waals surface area (Å²) in [5, 5.41) is 17.1. The molecule has 4 nitrogen and oxygen atoms in total. The molecule has 0 radical (unpaired) electrons. The summed E-state index contributed by atoms with van der Waals surface area (Å²) in [5.41, 5.74) is 0.854. The molecule has 0 spiro atoms. The van der Waals surface area contributed by atoms with Crippen molar-refractivity contribution in [2.75, 3.05) is 6.61 Å². The summed E-state index contributed by atoms with van der Waals surface area (Å²) in [6, 6.07) is 3.12.